The Kier molecular flexibility index (Phi) is 33.2. The van der Waals surface area contributed by atoms with Crippen molar-refractivity contribution in [2.24, 2.45) is 5.73 Å². The first-order chi connectivity index (χ1) is 24.6. The molecule has 0 saturated carbocycles. The minimum Gasteiger partial charge on any atom is -0.480 e. The monoisotopic (exact) mass is 743 g/mol. The first-order valence-corrected chi connectivity index (χ1v) is 21.0. The van der Waals surface area contributed by atoms with Crippen molar-refractivity contribution >= 4 is 25.7 Å². The van der Waals surface area contributed by atoms with Crippen LogP contribution >= 0.6 is 7.82 Å². The van der Waals surface area contributed by atoms with Crippen LogP contribution in [0.2, 0.25) is 0 Å². The molecule has 0 aliphatic rings. The van der Waals surface area contributed by atoms with Gasteiger partial charge in [-0.2, -0.15) is 0 Å². The fourth-order valence-electron chi connectivity index (χ4n) is 5.01. The molecule has 0 radical (unpaired) electrons. The summed E-state index contributed by atoms with van der Waals surface area (Å²) in [7, 11) is -4.72. The molecular formula is C39H70NO10P. The summed E-state index contributed by atoms with van der Waals surface area (Å²) in [5.41, 5.74) is 5.31. The number of rotatable bonds is 36. The quantitative estimate of drug-likeness (QED) is 0.0241. The molecule has 0 aliphatic carbocycles. The van der Waals surface area contributed by atoms with Crippen LogP contribution in [0.1, 0.15) is 162 Å². The van der Waals surface area contributed by atoms with Gasteiger partial charge in [0.1, 0.15) is 12.6 Å². The van der Waals surface area contributed by atoms with E-state index < -0.39 is 51.1 Å². The number of hydrogen-bond acceptors (Lipinski definition) is 9. The van der Waals surface area contributed by atoms with E-state index >= 15 is 0 Å². The molecule has 3 atom stereocenters. The molecule has 296 valence electrons. The van der Waals surface area contributed by atoms with Crippen molar-refractivity contribution in [3.8, 4) is 0 Å². The minimum absolute atomic E-state index is 0.155. The average molecular weight is 744 g/mol. The van der Waals surface area contributed by atoms with Crippen LogP contribution in [-0.2, 0) is 37.5 Å². The summed E-state index contributed by atoms with van der Waals surface area (Å²) in [5.74, 6) is -2.43. The van der Waals surface area contributed by atoms with Crippen molar-refractivity contribution in [3.63, 3.8) is 0 Å². The Morgan fingerprint density at radius 3 is 1.59 bits per heavy atom. The Bertz CT molecular complexity index is 1020. The zero-order chi connectivity index (χ0) is 37.8. The number of carbonyl (C=O) groups excluding carboxylic acids is 2. The Morgan fingerprint density at radius 1 is 0.608 bits per heavy atom. The third kappa shape index (κ3) is 34.5. The first kappa shape index (κ1) is 48.7. The van der Waals surface area contributed by atoms with Crippen LogP contribution < -0.4 is 5.73 Å². The van der Waals surface area contributed by atoms with Crippen LogP contribution in [0.5, 0.6) is 0 Å². The van der Waals surface area contributed by atoms with Crippen molar-refractivity contribution in [2.75, 3.05) is 19.8 Å². The van der Waals surface area contributed by atoms with E-state index in [1.807, 2.05) is 0 Å². The van der Waals surface area contributed by atoms with Gasteiger partial charge in [0.05, 0.1) is 13.2 Å². The number of carbonyl (C=O) groups is 3. The van der Waals surface area contributed by atoms with E-state index in [0.717, 1.165) is 51.4 Å². The highest BCUT2D eigenvalue weighted by Crippen LogP contribution is 2.43. The molecule has 0 saturated heterocycles. The predicted octanol–water partition coefficient (Wildman–Crippen LogP) is 9.67. The van der Waals surface area contributed by atoms with Gasteiger partial charge in [-0.05, 0) is 51.4 Å². The van der Waals surface area contributed by atoms with Crippen LogP contribution in [0.15, 0.2) is 36.5 Å². The number of phosphoric acid groups is 1. The minimum atomic E-state index is -4.72. The molecular weight excluding hydrogens is 673 g/mol. The van der Waals surface area contributed by atoms with Crippen LogP contribution in [0.25, 0.3) is 0 Å². The molecule has 0 aromatic heterocycles. The van der Waals surface area contributed by atoms with E-state index in [2.05, 4.69) is 54.8 Å². The van der Waals surface area contributed by atoms with Crippen LogP contribution in [0.3, 0.4) is 0 Å². The van der Waals surface area contributed by atoms with Gasteiger partial charge < -0.3 is 25.2 Å². The topological polar surface area (TPSA) is 172 Å². The van der Waals surface area contributed by atoms with E-state index in [1.54, 1.807) is 0 Å². The first-order valence-electron chi connectivity index (χ1n) is 19.5. The molecule has 0 rings (SSSR count). The fourth-order valence-corrected chi connectivity index (χ4v) is 5.79. The number of hydrogen-bond donors (Lipinski definition) is 3. The molecule has 1 unspecified atom stereocenters. The zero-order valence-electron chi connectivity index (χ0n) is 31.7. The number of esters is 2. The normalized spacial score (nSPS) is 14.3. The van der Waals surface area contributed by atoms with E-state index in [1.165, 1.54) is 70.6 Å². The average Bonchev–Trinajstić information content (AvgIpc) is 3.10. The second kappa shape index (κ2) is 34.8. The van der Waals surface area contributed by atoms with E-state index in [4.69, 9.17) is 24.8 Å². The number of aliphatic carboxylic acids is 1. The van der Waals surface area contributed by atoms with E-state index in [-0.39, 0.29) is 19.4 Å². The van der Waals surface area contributed by atoms with Crippen molar-refractivity contribution in [1.82, 2.24) is 0 Å². The van der Waals surface area contributed by atoms with Crippen molar-refractivity contribution < 1.29 is 47.5 Å². The third-order valence-corrected chi connectivity index (χ3v) is 9.09. The summed E-state index contributed by atoms with van der Waals surface area (Å²) in [4.78, 5) is 45.7. The van der Waals surface area contributed by atoms with Crippen LogP contribution in [-0.4, -0.2) is 59.9 Å². The van der Waals surface area contributed by atoms with Gasteiger partial charge >= 0.3 is 25.7 Å². The molecule has 4 N–H and O–H groups in total. The van der Waals surface area contributed by atoms with Crippen molar-refractivity contribution in [3.05, 3.63) is 36.5 Å². The Morgan fingerprint density at radius 2 is 1.04 bits per heavy atom. The molecule has 0 amide bonds. The standard InChI is InChI=1S/C39H70NO10P/c1-3-5-7-9-11-13-15-17-18-19-21-22-24-26-28-30-37(41)47-32-35(33-48-51(45,46)49-34-36(40)39(43)44)50-38(42)31-29-27-25-23-20-16-14-12-10-8-6-4-2/h11,13,17-18,21-22,35-36H,3-10,12,14-16,19-20,23-34,40H2,1-2H3,(H,43,44)(H,45,46)/b13-11-,18-17-,22-21-/t35-,36+/m1/s1. The summed E-state index contributed by atoms with van der Waals surface area (Å²) >= 11 is 0. The number of nitrogens with two attached hydrogens (primary N) is 1. The van der Waals surface area contributed by atoms with Gasteiger partial charge in [-0.3, -0.25) is 23.4 Å². The van der Waals surface area contributed by atoms with Crippen LogP contribution in [0.4, 0.5) is 0 Å². The van der Waals surface area contributed by atoms with Gasteiger partial charge in [0.2, 0.25) is 0 Å². The van der Waals surface area contributed by atoms with Crippen molar-refractivity contribution in [2.45, 2.75) is 174 Å². The zero-order valence-corrected chi connectivity index (χ0v) is 32.6. The summed E-state index contributed by atoms with van der Waals surface area (Å²) in [6.07, 6.45) is 35.0. The number of allylic oxidation sites excluding steroid dienone is 6. The molecule has 0 aliphatic heterocycles. The van der Waals surface area contributed by atoms with Gasteiger partial charge in [0.25, 0.3) is 0 Å². The van der Waals surface area contributed by atoms with Crippen molar-refractivity contribution in [1.29, 1.82) is 0 Å². The predicted molar refractivity (Wildman–Crippen MR) is 203 cm³/mol. The summed E-state index contributed by atoms with van der Waals surface area (Å²) in [5, 5.41) is 8.86. The van der Waals surface area contributed by atoms with Crippen LogP contribution in [0, 0.1) is 0 Å². The molecule has 51 heavy (non-hydrogen) atoms. The lowest BCUT2D eigenvalue weighted by atomic mass is 10.0. The number of ether oxygens (including phenoxy) is 2. The fraction of sp³-hybridized carbons (Fsp3) is 0.769. The SMILES string of the molecule is CCCCC/C=C\C/C=C\C/C=C\CCCCC(=O)OC[C@H](COP(=O)(O)OC[C@H](N)C(=O)O)OC(=O)CCCCCCCCCCCCCC. The van der Waals surface area contributed by atoms with Gasteiger partial charge in [-0.25, -0.2) is 4.57 Å². The summed E-state index contributed by atoms with van der Waals surface area (Å²) < 4.78 is 32.5. The van der Waals surface area contributed by atoms with E-state index in [9.17, 15) is 23.8 Å². The Labute approximate surface area is 308 Å². The third-order valence-electron chi connectivity index (χ3n) is 8.14. The molecule has 0 fully saturated rings. The molecule has 0 heterocycles. The number of phosphoric ester groups is 1. The number of unbranched alkanes of at least 4 members (excludes halogenated alkanes) is 16. The summed E-state index contributed by atoms with van der Waals surface area (Å²) in [6, 6.07) is -1.52. The van der Waals surface area contributed by atoms with Gasteiger partial charge in [-0.15, -0.1) is 0 Å². The highest BCUT2D eigenvalue weighted by Gasteiger charge is 2.28. The molecule has 11 nitrogen and oxygen atoms in total. The molecule has 12 heteroatoms. The maximum Gasteiger partial charge on any atom is 0.472 e. The van der Waals surface area contributed by atoms with Gasteiger partial charge in [0, 0.05) is 12.8 Å². The second-order valence-corrected chi connectivity index (χ2v) is 14.5. The Balaban J connectivity index is 4.49. The second-order valence-electron chi connectivity index (χ2n) is 13.1. The molecule has 0 bridgehead atoms. The Hall–Kier alpha value is -2.30. The lowest BCUT2D eigenvalue weighted by Gasteiger charge is -2.20. The van der Waals surface area contributed by atoms with Gasteiger partial charge in [0.15, 0.2) is 6.10 Å². The highest BCUT2D eigenvalue weighted by atomic mass is 31.2. The molecule has 0 aromatic rings. The largest absolute Gasteiger partial charge is 0.480 e. The summed E-state index contributed by atoms with van der Waals surface area (Å²) in [6.45, 7) is 2.71. The lowest BCUT2D eigenvalue weighted by Crippen LogP contribution is -2.34. The molecule has 0 spiro atoms. The smallest absolute Gasteiger partial charge is 0.472 e. The van der Waals surface area contributed by atoms with Gasteiger partial charge in [-0.1, -0.05) is 134 Å². The highest BCUT2D eigenvalue weighted by molar-refractivity contribution is 7.47. The number of carboxylic acids is 1. The van der Waals surface area contributed by atoms with E-state index in [0.29, 0.717) is 12.8 Å². The maximum absolute atomic E-state index is 12.5. The number of carboxylic acid groups (broad SMARTS) is 1. The lowest BCUT2D eigenvalue weighted by molar-refractivity contribution is -0.161. The maximum atomic E-state index is 12.5. The molecule has 0 aromatic carbocycles.